The molecule has 0 unspecified atom stereocenters. The zero-order valence-electron chi connectivity index (χ0n) is 15.4. The Morgan fingerprint density at radius 2 is 1.93 bits per heavy atom. The molecule has 0 aliphatic rings. The Kier molecular flexibility index (Phi) is 5.34. The highest BCUT2D eigenvalue weighted by molar-refractivity contribution is 9.10. The number of hydrogen-bond acceptors (Lipinski definition) is 8. The van der Waals surface area contributed by atoms with Crippen LogP contribution in [0.3, 0.4) is 0 Å². The molecule has 3 aromatic heterocycles. The molecule has 10 heteroatoms. The third kappa shape index (κ3) is 4.32. The lowest BCUT2D eigenvalue weighted by atomic mass is 10.1. The van der Waals surface area contributed by atoms with Crippen LogP contribution in [0.4, 0.5) is 11.6 Å². The van der Waals surface area contributed by atoms with Crippen molar-refractivity contribution in [3.63, 3.8) is 0 Å². The second-order valence-electron chi connectivity index (χ2n) is 6.22. The van der Waals surface area contributed by atoms with Gasteiger partial charge in [0.1, 0.15) is 0 Å². The number of rotatable bonds is 6. The van der Waals surface area contributed by atoms with Crippen LogP contribution in [0.5, 0.6) is 0 Å². The van der Waals surface area contributed by atoms with E-state index in [0.29, 0.717) is 23.9 Å². The van der Waals surface area contributed by atoms with Crippen molar-refractivity contribution in [1.29, 1.82) is 5.53 Å². The summed E-state index contributed by atoms with van der Waals surface area (Å²) in [7, 11) is 1.84. The van der Waals surface area contributed by atoms with Gasteiger partial charge in [0.15, 0.2) is 11.6 Å². The summed E-state index contributed by atoms with van der Waals surface area (Å²) in [5.74, 6) is 1.31. The molecule has 0 saturated carbocycles. The van der Waals surface area contributed by atoms with E-state index in [1.54, 1.807) is 29.5 Å². The third-order valence-electron chi connectivity index (χ3n) is 4.13. The van der Waals surface area contributed by atoms with Gasteiger partial charge in [-0.3, -0.25) is 4.68 Å². The van der Waals surface area contributed by atoms with Crippen LogP contribution >= 0.6 is 15.9 Å². The van der Waals surface area contributed by atoms with Gasteiger partial charge >= 0.3 is 0 Å². The molecule has 4 rings (SSSR count). The second-order valence-corrected chi connectivity index (χ2v) is 7.14. The standard InChI is InChI=1S/C19H16BrN9/c1-29-11-14(7-26-29)16-10-25-19(28-21)18(27-16)22-6-12-3-2-4-13(5-12)17-23-8-15(20)9-24-17/h2-5,7-11,21H,6H2,1H3,(H,22,27). The minimum Gasteiger partial charge on any atom is -0.363 e. The Labute approximate surface area is 174 Å². The summed E-state index contributed by atoms with van der Waals surface area (Å²) < 4.78 is 2.53. The van der Waals surface area contributed by atoms with Crippen LogP contribution in [-0.4, -0.2) is 29.7 Å². The Hall–Kier alpha value is -3.53. The number of aromatic nitrogens is 6. The first-order valence-electron chi connectivity index (χ1n) is 8.66. The van der Waals surface area contributed by atoms with Gasteiger partial charge in [0.2, 0.25) is 5.82 Å². The molecule has 0 fully saturated rings. The molecule has 4 aromatic rings. The zero-order chi connectivity index (χ0) is 20.2. The molecule has 0 bridgehead atoms. The van der Waals surface area contributed by atoms with Crippen LogP contribution in [0.2, 0.25) is 0 Å². The molecule has 9 nitrogen and oxygen atoms in total. The summed E-state index contributed by atoms with van der Waals surface area (Å²) in [5, 5.41) is 10.8. The molecule has 0 spiro atoms. The fourth-order valence-electron chi connectivity index (χ4n) is 2.74. The van der Waals surface area contributed by atoms with E-state index in [0.717, 1.165) is 21.2 Å². The van der Waals surface area contributed by atoms with Crippen molar-refractivity contribution in [2.75, 3.05) is 5.32 Å². The van der Waals surface area contributed by atoms with Crippen LogP contribution in [0, 0.1) is 5.53 Å². The lowest BCUT2D eigenvalue weighted by Crippen LogP contribution is -2.03. The molecule has 2 N–H and O–H groups in total. The van der Waals surface area contributed by atoms with Crippen molar-refractivity contribution in [2.45, 2.75) is 6.54 Å². The Morgan fingerprint density at radius 3 is 2.66 bits per heavy atom. The zero-order valence-corrected chi connectivity index (χ0v) is 17.0. The summed E-state index contributed by atoms with van der Waals surface area (Å²) in [4.78, 5) is 17.5. The minimum atomic E-state index is 0.227. The van der Waals surface area contributed by atoms with Gasteiger partial charge in [-0.2, -0.15) is 5.10 Å². The molecule has 3 heterocycles. The lowest BCUT2D eigenvalue weighted by molar-refractivity contribution is 0.768. The maximum Gasteiger partial charge on any atom is 0.216 e. The van der Waals surface area contributed by atoms with Gasteiger partial charge in [-0.25, -0.2) is 25.5 Å². The fourth-order valence-corrected chi connectivity index (χ4v) is 2.95. The van der Waals surface area contributed by atoms with Gasteiger partial charge in [0.05, 0.1) is 22.6 Å². The van der Waals surface area contributed by atoms with E-state index >= 15 is 0 Å². The first-order chi connectivity index (χ1) is 14.1. The molecule has 29 heavy (non-hydrogen) atoms. The smallest absolute Gasteiger partial charge is 0.216 e. The van der Waals surface area contributed by atoms with E-state index in [2.05, 4.69) is 51.4 Å². The average Bonchev–Trinajstić information content (AvgIpc) is 3.19. The highest BCUT2D eigenvalue weighted by Gasteiger charge is 2.10. The van der Waals surface area contributed by atoms with Gasteiger partial charge < -0.3 is 5.32 Å². The SMILES string of the molecule is Cn1cc(-c2cnc(N=N)c(NCc3cccc(-c4ncc(Br)cn4)c3)n2)cn1. The molecule has 0 atom stereocenters. The van der Waals surface area contributed by atoms with Crippen LogP contribution in [0.15, 0.2) is 64.8 Å². The average molecular weight is 450 g/mol. The van der Waals surface area contributed by atoms with Crippen molar-refractivity contribution in [3.8, 4) is 22.6 Å². The Morgan fingerprint density at radius 1 is 1.10 bits per heavy atom. The van der Waals surface area contributed by atoms with Gasteiger partial charge in [0.25, 0.3) is 0 Å². The number of nitrogens with one attached hydrogen (secondary N) is 2. The van der Waals surface area contributed by atoms with Gasteiger partial charge in [-0.15, -0.1) is 5.11 Å². The molecule has 0 amide bonds. The van der Waals surface area contributed by atoms with E-state index < -0.39 is 0 Å². The minimum absolute atomic E-state index is 0.227. The molecular formula is C19H16BrN9. The van der Waals surface area contributed by atoms with Gasteiger partial charge in [-0.05, 0) is 27.6 Å². The van der Waals surface area contributed by atoms with Crippen LogP contribution in [-0.2, 0) is 13.6 Å². The summed E-state index contributed by atoms with van der Waals surface area (Å²) in [5.41, 5.74) is 10.8. The number of nitrogens with zero attached hydrogens (tertiary/aromatic N) is 7. The summed E-state index contributed by atoms with van der Waals surface area (Å²) in [6, 6.07) is 7.91. The highest BCUT2D eigenvalue weighted by atomic mass is 79.9. The third-order valence-corrected chi connectivity index (χ3v) is 4.53. The van der Waals surface area contributed by atoms with Crippen LogP contribution in [0.25, 0.3) is 22.6 Å². The Bertz CT molecular complexity index is 1150. The topological polar surface area (TPSA) is 118 Å². The molecule has 0 saturated heterocycles. The van der Waals surface area contributed by atoms with Crippen LogP contribution < -0.4 is 5.32 Å². The number of hydrogen-bond donors (Lipinski definition) is 2. The lowest BCUT2D eigenvalue weighted by Gasteiger charge is -2.09. The summed E-state index contributed by atoms with van der Waals surface area (Å²) in [6.45, 7) is 0.484. The number of anilines is 1. The number of halogens is 1. The first-order valence-corrected chi connectivity index (χ1v) is 9.46. The first kappa shape index (κ1) is 18.8. The van der Waals surface area contributed by atoms with E-state index in [-0.39, 0.29) is 5.82 Å². The van der Waals surface area contributed by atoms with Crippen molar-refractivity contribution in [1.82, 2.24) is 29.7 Å². The maximum absolute atomic E-state index is 7.36. The number of aryl methyl sites for hydroxylation is 1. The molecule has 0 aliphatic carbocycles. The second kappa shape index (κ2) is 8.23. The molecule has 0 aliphatic heterocycles. The van der Waals surface area contributed by atoms with Crippen molar-refractivity contribution in [2.24, 2.45) is 12.2 Å². The van der Waals surface area contributed by atoms with Crippen molar-refractivity contribution >= 4 is 27.6 Å². The largest absolute Gasteiger partial charge is 0.363 e. The maximum atomic E-state index is 7.36. The molecule has 144 valence electrons. The van der Waals surface area contributed by atoms with Gasteiger partial charge in [-0.1, -0.05) is 18.2 Å². The quantitative estimate of drug-likeness (QED) is 0.421. The molecule has 0 radical (unpaired) electrons. The fraction of sp³-hybridized carbons (Fsp3) is 0.105. The predicted molar refractivity (Wildman–Crippen MR) is 112 cm³/mol. The van der Waals surface area contributed by atoms with Crippen molar-refractivity contribution in [3.05, 3.63) is 65.3 Å². The highest BCUT2D eigenvalue weighted by Crippen LogP contribution is 2.25. The van der Waals surface area contributed by atoms with Gasteiger partial charge in [0, 0.05) is 43.3 Å². The van der Waals surface area contributed by atoms with E-state index in [1.807, 2.05) is 37.5 Å². The molecular weight excluding hydrogens is 434 g/mol. The molecule has 1 aromatic carbocycles. The van der Waals surface area contributed by atoms with E-state index in [9.17, 15) is 0 Å². The van der Waals surface area contributed by atoms with Crippen LogP contribution in [0.1, 0.15) is 5.56 Å². The summed E-state index contributed by atoms with van der Waals surface area (Å²) in [6.07, 6.45) is 8.59. The Balaban J connectivity index is 1.56. The predicted octanol–water partition coefficient (Wildman–Crippen LogP) is 4.37. The van der Waals surface area contributed by atoms with Crippen molar-refractivity contribution < 1.29 is 0 Å². The van der Waals surface area contributed by atoms with E-state index in [4.69, 9.17) is 5.53 Å². The normalized spacial score (nSPS) is 10.7. The van der Waals surface area contributed by atoms with E-state index in [1.165, 1.54) is 0 Å². The monoisotopic (exact) mass is 449 g/mol. The summed E-state index contributed by atoms with van der Waals surface area (Å²) >= 11 is 3.34. The number of benzene rings is 1.